The Morgan fingerprint density at radius 3 is 1.75 bits per heavy atom. The van der Waals surface area contributed by atoms with Gasteiger partial charge in [-0.05, 0) is 94.7 Å². The van der Waals surface area contributed by atoms with E-state index in [1.165, 1.54) is 19.4 Å². The van der Waals surface area contributed by atoms with E-state index in [0.29, 0.717) is 18.4 Å². The summed E-state index contributed by atoms with van der Waals surface area (Å²) in [6.07, 6.45) is 3.09. The number of hydrogen-bond acceptors (Lipinski definition) is 5. The highest BCUT2D eigenvalue weighted by Gasteiger charge is 2.27. The van der Waals surface area contributed by atoms with E-state index in [9.17, 15) is 18.4 Å². The highest BCUT2D eigenvalue weighted by Crippen LogP contribution is 2.35. The lowest BCUT2D eigenvalue weighted by molar-refractivity contribution is -0.157. The van der Waals surface area contributed by atoms with Crippen molar-refractivity contribution in [1.29, 1.82) is 0 Å². The van der Waals surface area contributed by atoms with E-state index in [-0.39, 0.29) is 12.2 Å². The lowest BCUT2D eigenvalue weighted by Gasteiger charge is -2.29. The number of carbonyl (C=O) groups excluding carboxylic acids is 2. The monoisotopic (exact) mass is 452 g/mol. The zero-order chi connectivity index (χ0) is 23.1. The van der Waals surface area contributed by atoms with E-state index >= 15 is 0 Å². The van der Waals surface area contributed by atoms with Crippen LogP contribution in [-0.4, -0.2) is 43.1 Å². The van der Waals surface area contributed by atoms with Gasteiger partial charge in [-0.2, -0.15) is 0 Å². The molecule has 2 saturated carbocycles. The van der Waals surface area contributed by atoms with Crippen molar-refractivity contribution in [3.8, 4) is 5.75 Å². The highest BCUT2D eigenvalue weighted by molar-refractivity contribution is 5.74. The van der Waals surface area contributed by atoms with Gasteiger partial charge >= 0.3 is 11.9 Å². The summed E-state index contributed by atoms with van der Waals surface area (Å²) >= 11 is 0. The third-order valence-electron chi connectivity index (χ3n) is 6.52. The Morgan fingerprint density at radius 1 is 0.812 bits per heavy atom. The third-order valence-corrected chi connectivity index (χ3v) is 6.52. The van der Waals surface area contributed by atoms with Crippen LogP contribution in [-0.2, 0) is 19.1 Å². The second-order valence-corrected chi connectivity index (χ2v) is 9.10. The van der Waals surface area contributed by atoms with Crippen LogP contribution in [0, 0.1) is 5.92 Å². The summed E-state index contributed by atoms with van der Waals surface area (Å²) in [6.45, 7) is 3.02. The summed E-state index contributed by atoms with van der Waals surface area (Å²) in [5.41, 5.74) is 1.24. The van der Waals surface area contributed by atoms with Crippen LogP contribution in [0.15, 0.2) is 24.3 Å². The van der Waals surface area contributed by atoms with Gasteiger partial charge in [0.1, 0.15) is 18.0 Å². The average molecular weight is 453 g/mol. The second-order valence-electron chi connectivity index (χ2n) is 9.10. The number of alkyl halides is 2. The summed E-state index contributed by atoms with van der Waals surface area (Å²) in [7, 11) is 0. The fraction of sp³-hybridized carbons (Fsp3) is 0.680. The number of hydrogen-bond donors (Lipinski definition) is 0. The predicted octanol–water partition coefficient (Wildman–Crippen LogP) is 5.45. The topological polar surface area (TPSA) is 61.8 Å². The third kappa shape index (κ3) is 7.17. The Morgan fingerprint density at radius 2 is 1.28 bits per heavy atom. The second kappa shape index (κ2) is 11.6. The molecule has 2 atom stereocenters. The molecule has 1 aromatic rings. The number of ether oxygens (including phenoxy) is 3. The van der Waals surface area contributed by atoms with Gasteiger partial charge in [-0.1, -0.05) is 12.1 Å². The predicted molar refractivity (Wildman–Crippen MR) is 116 cm³/mol. The van der Waals surface area contributed by atoms with Gasteiger partial charge < -0.3 is 14.2 Å². The molecule has 0 unspecified atom stereocenters. The van der Waals surface area contributed by atoms with E-state index in [1.807, 2.05) is 12.1 Å². The molecule has 0 N–H and O–H groups in total. The van der Waals surface area contributed by atoms with E-state index in [0.717, 1.165) is 57.1 Å². The molecule has 2 aliphatic rings. The van der Waals surface area contributed by atoms with Crippen LogP contribution in [0.5, 0.6) is 5.75 Å². The number of benzene rings is 1. The molecule has 0 heterocycles. The minimum atomic E-state index is -1.57. The zero-order valence-electron chi connectivity index (χ0n) is 18.9. The van der Waals surface area contributed by atoms with Crippen LogP contribution in [0.1, 0.15) is 76.7 Å². The molecule has 7 heteroatoms. The lowest BCUT2D eigenvalue weighted by atomic mass is 9.83. The largest absolute Gasteiger partial charge is 0.493 e. The van der Waals surface area contributed by atoms with Gasteiger partial charge in [-0.3, -0.25) is 0 Å². The fourth-order valence-corrected chi connectivity index (χ4v) is 4.50. The van der Waals surface area contributed by atoms with Crippen molar-refractivity contribution in [2.75, 3.05) is 6.61 Å². The molecule has 32 heavy (non-hydrogen) atoms. The van der Waals surface area contributed by atoms with Crippen LogP contribution in [0.2, 0.25) is 0 Å². The maximum absolute atomic E-state index is 13.0. The first-order chi connectivity index (χ1) is 15.3. The number of esters is 2. The van der Waals surface area contributed by atoms with Crippen molar-refractivity contribution < 1.29 is 32.6 Å². The highest BCUT2D eigenvalue weighted by atomic mass is 19.1. The van der Waals surface area contributed by atoms with Crippen molar-refractivity contribution in [2.24, 2.45) is 5.92 Å². The Balaban J connectivity index is 1.37. The van der Waals surface area contributed by atoms with Crippen LogP contribution < -0.4 is 4.74 Å². The molecule has 0 bridgehead atoms. The Labute approximate surface area is 188 Å². The molecule has 0 radical (unpaired) electrons. The summed E-state index contributed by atoms with van der Waals surface area (Å²) < 4.78 is 42.3. The van der Waals surface area contributed by atoms with Crippen LogP contribution in [0.25, 0.3) is 0 Å². The molecule has 0 aromatic heterocycles. The maximum Gasteiger partial charge on any atom is 0.340 e. The Hall–Kier alpha value is -2.18. The van der Waals surface area contributed by atoms with E-state index in [4.69, 9.17) is 14.2 Å². The first-order valence-electron chi connectivity index (χ1n) is 11.7. The zero-order valence-corrected chi connectivity index (χ0v) is 18.9. The first-order valence-corrected chi connectivity index (χ1v) is 11.7. The maximum atomic E-state index is 13.0. The standard InChI is InChI=1S/C25H34F2O5/c1-16(26)24(28)31-22-9-3-18(4-10-22)15-30-21-11-5-19(6-12-21)20-7-13-23(14-8-20)32-25(29)17(2)27/h5-6,11-12,16-18,20,22-23H,3-4,7-10,13-15H2,1-2H3/t16-,17-,18?,20?,22?,23?/m0/s1. The molecular weight excluding hydrogens is 418 g/mol. The van der Waals surface area contributed by atoms with Crippen molar-refractivity contribution in [3.63, 3.8) is 0 Å². The van der Waals surface area contributed by atoms with Gasteiger partial charge in [0.15, 0.2) is 12.3 Å². The number of halogens is 2. The van der Waals surface area contributed by atoms with Gasteiger partial charge in [-0.25, -0.2) is 18.4 Å². The van der Waals surface area contributed by atoms with Gasteiger partial charge in [0, 0.05) is 0 Å². The smallest absolute Gasteiger partial charge is 0.340 e. The van der Waals surface area contributed by atoms with Crippen LogP contribution in [0.4, 0.5) is 8.78 Å². The summed E-state index contributed by atoms with van der Waals surface area (Å²) in [4.78, 5) is 22.8. The summed E-state index contributed by atoms with van der Waals surface area (Å²) in [5.74, 6) is 0.102. The van der Waals surface area contributed by atoms with Gasteiger partial charge in [0.05, 0.1) is 6.61 Å². The van der Waals surface area contributed by atoms with E-state index in [2.05, 4.69) is 12.1 Å². The molecule has 0 spiro atoms. The molecule has 0 saturated heterocycles. The molecule has 1 aromatic carbocycles. The fourth-order valence-electron chi connectivity index (χ4n) is 4.50. The quantitative estimate of drug-likeness (QED) is 0.491. The molecule has 5 nitrogen and oxygen atoms in total. The van der Waals surface area contributed by atoms with Crippen LogP contribution >= 0.6 is 0 Å². The minimum absolute atomic E-state index is 0.182. The first kappa shape index (κ1) is 24.5. The van der Waals surface area contributed by atoms with Gasteiger partial charge in [-0.15, -0.1) is 0 Å². The Bertz CT molecular complexity index is 733. The van der Waals surface area contributed by atoms with Crippen molar-refractivity contribution in [2.45, 2.75) is 95.7 Å². The van der Waals surface area contributed by atoms with Gasteiger partial charge in [0.2, 0.25) is 0 Å². The molecular formula is C25H34F2O5. The lowest BCUT2D eigenvalue weighted by Crippen LogP contribution is -2.29. The number of rotatable bonds is 8. The van der Waals surface area contributed by atoms with E-state index in [1.54, 1.807) is 0 Å². The van der Waals surface area contributed by atoms with Gasteiger partial charge in [0.25, 0.3) is 0 Å². The molecule has 178 valence electrons. The number of carbonyl (C=O) groups is 2. The van der Waals surface area contributed by atoms with Crippen LogP contribution in [0.3, 0.4) is 0 Å². The molecule has 2 aliphatic carbocycles. The molecule has 2 fully saturated rings. The SMILES string of the molecule is C[C@H](F)C(=O)OC1CCC(COc2ccc(C3CCC(OC(=O)[C@H](C)F)CC3)cc2)CC1. The van der Waals surface area contributed by atoms with Crippen molar-refractivity contribution in [3.05, 3.63) is 29.8 Å². The normalized spacial score (nSPS) is 27.8. The van der Waals surface area contributed by atoms with Crippen molar-refractivity contribution >= 4 is 11.9 Å². The molecule has 3 rings (SSSR count). The molecule has 0 amide bonds. The summed E-state index contributed by atoms with van der Waals surface area (Å²) in [6, 6.07) is 8.15. The minimum Gasteiger partial charge on any atom is -0.493 e. The molecule has 0 aliphatic heterocycles. The van der Waals surface area contributed by atoms with Crippen molar-refractivity contribution in [1.82, 2.24) is 0 Å². The average Bonchev–Trinajstić information content (AvgIpc) is 2.79. The summed E-state index contributed by atoms with van der Waals surface area (Å²) in [5, 5.41) is 0. The Kier molecular flexibility index (Phi) is 8.88. The van der Waals surface area contributed by atoms with E-state index < -0.39 is 24.3 Å².